The van der Waals surface area contributed by atoms with Crippen LogP contribution in [0.5, 0.6) is 0 Å². The van der Waals surface area contributed by atoms with Crippen molar-refractivity contribution in [1.82, 2.24) is 19.7 Å². The molecule has 1 saturated carbocycles. The van der Waals surface area contributed by atoms with Gasteiger partial charge in [0.1, 0.15) is 6.33 Å². The lowest BCUT2D eigenvalue weighted by atomic mass is 10.1. The van der Waals surface area contributed by atoms with Gasteiger partial charge in [-0.05, 0) is 31.4 Å². The number of sulfone groups is 1. The Balaban J connectivity index is 1.42. The lowest BCUT2D eigenvalue weighted by Crippen LogP contribution is -2.47. The van der Waals surface area contributed by atoms with E-state index in [0.29, 0.717) is 11.6 Å². The fraction of sp³-hybridized carbons (Fsp3) is 0.526. The van der Waals surface area contributed by atoms with Gasteiger partial charge in [0.2, 0.25) is 11.1 Å². The van der Waals surface area contributed by atoms with Gasteiger partial charge in [-0.3, -0.25) is 4.79 Å². The summed E-state index contributed by atoms with van der Waals surface area (Å²) in [5.74, 6) is 0.506. The minimum Gasteiger partial charge on any atom is -0.335 e. The number of hydrogen-bond acceptors (Lipinski definition) is 6. The fourth-order valence-corrected chi connectivity index (χ4v) is 6.48. The van der Waals surface area contributed by atoms with Crippen LogP contribution in [0.3, 0.4) is 0 Å². The van der Waals surface area contributed by atoms with Crippen LogP contribution in [0.2, 0.25) is 0 Å². The van der Waals surface area contributed by atoms with Gasteiger partial charge in [-0.1, -0.05) is 42.8 Å². The van der Waals surface area contributed by atoms with Gasteiger partial charge in [0, 0.05) is 12.1 Å². The molecule has 1 aromatic heterocycles. The molecule has 0 radical (unpaired) electrons. The molecule has 2 fully saturated rings. The van der Waals surface area contributed by atoms with Crippen molar-refractivity contribution in [2.75, 3.05) is 17.3 Å². The third kappa shape index (κ3) is 4.41. The summed E-state index contributed by atoms with van der Waals surface area (Å²) in [6, 6.07) is 9.67. The monoisotopic (exact) mass is 420 g/mol. The van der Waals surface area contributed by atoms with E-state index in [1.54, 1.807) is 11.0 Å². The SMILES string of the molecule is O=C(CSc1ncn(-c2ccccc2)n1)N(C1CCCC1)C1CCS(=O)(=O)C1. The number of rotatable bonds is 6. The molecule has 7 nitrogen and oxygen atoms in total. The summed E-state index contributed by atoms with van der Waals surface area (Å²) in [7, 11) is -3.03. The average Bonchev–Trinajstić information content (AvgIpc) is 3.43. The molecular weight excluding hydrogens is 396 g/mol. The third-order valence-corrected chi connectivity index (χ3v) is 8.01. The van der Waals surface area contributed by atoms with Crippen molar-refractivity contribution in [1.29, 1.82) is 0 Å². The average molecular weight is 421 g/mol. The van der Waals surface area contributed by atoms with Crippen LogP contribution < -0.4 is 0 Å². The zero-order valence-corrected chi connectivity index (χ0v) is 17.2. The number of thioether (sulfide) groups is 1. The van der Waals surface area contributed by atoms with E-state index < -0.39 is 9.84 Å². The molecule has 1 unspecified atom stereocenters. The summed E-state index contributed by atoms with van der Waals surface area (Å²) in [6.45, 7) is 0. The van der Waals surface area contributed by atoms with Crippen LogP contribution in [0.4, 0.5) is 0 Å². The molecular formula is C19H24N4O3S2. The fourth-order valence-electron chi connectivity index (χ4n) is 4.10. The minimum absolute atomic E-state index is 0.00457. The van der Waals surface area contributed by atoms with Crippen LogP contribution in [0.25, 0.3) is 5.69 Å². The molecule has 4 rings (SSSR count). The largest absolute Gasteiger partial charge is 0.335 e. The smallest absolute Gasteiger partial charge is 0.233 e. The highest BCUT2D eigenvalue weighted by Gasteiger charge is 2.38. The van der Waals surface area contributed by atoms with Gasteiger partial charge in [0.15, 0.2) is 9.84 Å². The maximum absolute atomic E-state index is 13.0. The van der Waals surface area contributed by atoms with Crippen molar-refractivity contribution in [3.63, 3.8) is 0 Å². The molecule has 1 aliphatic heterocycles. The van der Waals surface area contributed by atoms with Crippen molar-refractivity contribution >= 4 is 27.5 Å². The molecule has 1 aromatic carbocycles. The first kappa shape index (κ1) is 19.4. The van der Waals surface area contributed by atoms with Crippen molar-refractivity contribution in [3.8, 4) is 5.69 Å². The van der Waals surface area contributed by atoms with Crippen LogP contribution in [0, 0.1) is 0 Å². The number of hydrogen-bond donors (Lipinski definition) is 0. The highest BCUT2D eigenvalue weighted by molar-refractivity contribution is 7.99. The van der Waals surface area contributed by atoms with Gasteiger partial charge in [-0.25, -0.2) is 18.1 Å². The number of carbonyl (C=O) groups excluding carboxylic acids is 1. The predicted molar refractivity (Wildman–Crippen MR) is 108 cm³/mol. The Bertz CT molecular complexity index is 924. The van der Waals surface area contributed by atoms with E-state index in [1.807, 2.05) is 35.2 Å². The topological polar surface area (TPSA) is 85.2 Å². The summed E-state index contributed by atoms with van der Waals surface area (Å²) in [5, 5.41) is 4.98. The van der Waals surface area contributed by atoms with Crippen LogP contribution >= 0.6 is 11.8 Å². The van der Waals surface area contributed by atoms with Crippen LogP contribution in [0.1, 0.15) is 32.1 Å². The van der Waals surface area contributed by atoms with E-state index in [0.717, 1.165) is 31.4 Å². The summed E-state index contributed by atoms with van der Waals surface area (Å²) in [4.78, 5) is 19.2. The summed E-state index contributed by atoms with van der Waals surface area (Å²) in [6.07, 6.45) is 6.33. The Morgan fingerprint density at radius 1 is 1.14 bits per heavy atom. The molecule has 0 spiro atoms. The van der Waals surface area contributed by atoms with Gasteiger partial charge in [-0.2, -0.15) is 0 Å². The molecule has 2 aromatic rings. The van der Waals surface area contributed by atoms with E-state index in [9.17, 15) is 13.2 Å². The van der Waals surface area contributed by atoms with Crippen molar-refractivity contribution in [3.05, 3.63) is 36.7 Å². The Kier molecular flexibility index (Phi) is 5.73. The van der Waals surface area contributed by atoms with Crippen LogP contribution in [-0.4, -0.2) is 63.3 Å². The molecule has 1 atom stereocenters. The summed E-state index contributed by atoms with van der Waals surface area (Å²) < 4.78 is 25.6. The Hall–Kier alpha value is -1.87. The second kappa shape index (κ2) is 8.24. The number of aromatic nitrogens is 3. The highest BCUT2D eigenvalue weighted by Crippen LogP contribution is 2.30. The second-order valence-electron chi connectivity index (χ2n) is 7.39. The minimum atomic E-state index is -3.03. The lowest BCUT2D eigenvalue weighted by molar-refractivity contribution is -0.132. The molecule has 28 heavy (non-hydrogen) atoms. The molecule has 1 amide bonds. The van der Waals surface area contributed by atoms with E-state index in [-0.39, 0.29) is 35.2 Å². The number of carbonyl (C=O) groups is 1. The normalized spacial score (nSPS) is 21.8. The molecule has 1 saturated heterocycles. The van der Waals surface area contributed by atoms with Crippen molar-refractivity contribution in [2.24, 2.45) is 0 Å². The predicted octanol–water partition coefficient (Wildman–Crippen LogP) is 2.32. The van der Waals surface area contributed by atoms with Gasteiger partial charge in [0.05, 0.1) is 22.9 Å². The van der Waals surface area contributed by atoms with Crippen molar-refractivity contribution in [2.45, 2.75) is 49.3 Å². The zero-order valence-electron chi connectivity index (χ0n) is 15.6. The number of para-hydroxylation sites is 1. The molecule has 150 valence electrons. The Labute approximate surface area is 169 Å². The van der Waals surface area contributed by atoms with Crippen LogP contribution in [-0.2, 0) is 14.6 Å². The molecule has 1 aliphatic carbocycles. The summed E-state index contributed by atoms with van der Waals surface area (Å²) in [5.41, 5.74) is 0.914. The Morgan fingerprint density at radius 2 is 1.89 bits per heavy atom. The number of benzene rings is 1. The summed E-state index contributed by atoms with van der Waals surface area (Å²) >= 11 is 1.31. The van der Waals surface area contributed by atoms with Gasteiger partial charge >= 0.3 is 0 Å². The van der Waals surface area contributed by atoms with E-state index in [2.05, 4.69) is 10.1 Å². The maximum atomic E-state index is 13.0. The lowest BCUT2D eigenvalue weighted by Gasteiger charge is -2.34. The molecule has 2 aliphatic rings. The van der Waals surface area contributed by atoms with Gasteiger partial charge < -0.3 is 4.90 Å². The van der Waals surface area contributed by atoms with Crippen LogP contribution in [0.15, 0.2) is 41.8 Å². The van der Waals surface area contributed by atoms with E-state index >= 15 is 0 Å². The van der Waals surface area contributed by atoms with E-state index in [4.69, 9.17) is 0 Å². The quantitative estimate of drug-likeness (QED) is 0.667. The van der Waals surface area contributed by atoms with Crippen molar-refractivity contribution < 1.29 is 13.2 Å². The first-order chi connectivity index (χ1) is 13.5. The van der Waals surface area contributed by atoms with Gasteiger partial charge in [-0.15, -0.1) is 5.10 Å². The third-order valence-electron chi connectivity index (χ3n) is 5.42. The first-order valence-corrected chi connectivity index (χ1v) is 12.4. The molecule has 0 N–H and O–H groups in total. The number of amides is 1. The standard InChI is InChI=1S/C19H24N4O3S2/c24-18(12-27-19-20-14-22(21-19)15-6-2-1-3-7-15)23(16-8-4-5-9-16)17-10-11-28(25,26)13-17/h1-3,6-7,14,16-17H,4-5,8-13H2. The Morgan fingerprint density at radius 3 is 2.57 bits per heavy atom. The van der Waals surface area contributed by atoms with Gasteiger partial charge in [0.25, 0.3) is 0 Å². The van der Waals surface area contributed by atoms with E-state index in [1.165, 1.54) is 11.8 Å². The first-order valence-electron chi connectivity index (χ1n) is 9.63. The molecule has 2 heterocycles. The molecule has 0 bridgehead atoms. The number of nitrogens with zero attached hydrogens (tertiary/aromatic N) is 4. The highest BCUT2D eigenvalue weighted by atomic mass is 32.2. The maximum Gasteiger partial charge on any atom is 0.233 e. The zero-order chi connectivity index (χ0) is 19.6. The molecule has 9 heteroatoms. The second-order valence-corrected chi connectivity index (χ2v) is 10.6.